The van der Waals surface area contributed by atoms with Crippen LogP contribution in [0.15, 0.2) is 12.1 Å². The molecule has 0 aliphatic rings. The van der Waals surface area contributed by atoms with Gasteiger partial charge >= 0.3 is 0 Å². The van der Waals surface area contributed by atoms with Gasteiger partial charge in [0.05, 0.1) is 0 Å². The maximum absolute atomic E-state index is 5.22. The zero-order valence-corrected chi connectivity index (χ0v) is 9.65. The molecule has 0 aromatic heterocycles. The minimum Gasteiger partial charge on any atom is -0.177 e. The Morgan fingerprint density at radius 2 is 1.73 bits per heavy atom. The van der Waals surface area contributed by atoms with Gasteiger partial charge in [0.1, 0.15) is 0 Å². The molecule has 53 valence electrons. The Hall–Kier alpha value is -0.116. The van der Waals surface area contributed by atoms with Gasteiger partial charge in [0.15, 0.2) is 0 Å². The minimum atomic E-state index is 0. The molecule has 0 saturated carbocycles. The average molecular weight is 218 g/mol. The molecule has 0 aliphatic heterocycles. The molecule has 0 amide bonds. The topological polar surface area (TPSA) is 0 Å². The van der Waals surface area contributed by atoms with Gasteiger partial charge in [-0.05, 0) is 0 Å². The minimum absolute atomic E-state index is 0. The second kappa shape index (κ2) is 4.70. The van der Waals surface area contributed by atoms with E-state index in [0.717, 1.165) is 16.7 Å². The van der Waals surface area contributed by atoms with Crippen molar-refractivity contribution >= 4 is 0 Å². The van der Waals surface area contributed by atoms with Crippen LogP contribution in [0.25, 0.3) is 0 Å². The van der Waals surface area contributed by atoms with Crippen LogP contribution in [0.4, 0.5) is 0 Å². The van der Waals surface area contributed by atoms with Crippen molar-refractivity contribution < 1.29 is 32.7 Å². The standard InChI is InChI=1S/C10H9.Y/c1-4-10-6-8(2)5-9(3)7-10;/h1,6-7H,2-3H3;/q-1;. The van der Waals surface area contributed by atoms with Crippen molar-refractivity contribution in [1.82, 2.24) is 0 Å². The third-order valence-electron chi connectivity index (χ3n) is 1.31. The second-order valence-corrected chi connectivity index (χ2v) is 2.38. The Kier molecular flexibility index (Phi) is 4.65. The Morgan fingerprint density at radius 1 is 1.27 bits per heavy atom. The van der Waals surface area contributed by atoms with Crippen LogP contribution >= 0.6 is 0 Å². The molecule has 0 spiro atoms. The van der Waals surface area contributed by atoms with E-state index in [0.29, 0.717) is 0 Å². The molecule has 1 aromatic carbocycles. The van der Waals surface area contributed by atoms with Crippen molar-refractivity contribution in [3.63, 3.8) is 0 Å². The molecule has 11 heavy (non-hydrogen) atoms. The van der Waals surface area contributed by atoms with E-state index in [9.17, 15) is 0 Å². The van der Waals surface area contributed by atoms with Gasteiger partial charge in [-0.2, -0.15) is 29.3 Å². The molecule has 1 rings (SSSR count). The van der Waals surface area contributed by atoms with Gasteiger partial charge in [0, 0.05) is 32.7 Å². The molecule has 0 aliphatic carbocycles. The van der Waals surface area contributed by atoms with Crippen molar-refractivity contribution in [3.05, 3.63) is 34.9 Å². The summed E-state index contributed by atoms with van der Waals surface area (Å²) >= 11 is 0. The summed E-state index contributed by atoms with van der Waals surface area (Å²) in [5.41, 5.74) is 3.15. The first-order chi connectivity index (χ1) is 4.72. The monoisotopic (exact) mass is 218 g/mol. The van der Waals surface area contributed by atoms with Gasteiger partial charge in [-0.3, -0.25) is 0 Å². The third kappa shape index (κ3) is 3.19. The van der Waals surface area contributed by atoms with E-state index < -0.39 is 0 Å². The van der Waals surface area contributed by atoms with Crippen LogP contribution in [0.5, 0.6) is 0 Å². The van der Waals surface area contributed by atoms with Gasteiger partial charge in [0.2, 0.25) is 0 Å². The van der Waals surface area contributed by atoms with E-state index in [2.05, 4.69) is 12.0 Å². The van der Waals surface area contributed by atoms with Crippen molar-refractivity contribution in [3.8, 4) is 12.3 Å². The largest absolute Gasteiger partial charge is 0.177 e. The van der Waals surface area contributed by atoms with Crippen LogP contribution < -0.4 is 0 Å². The van der Waals surface area contributed by atoms with Gasteiger partial charge in [-0.25, -0.2) is 0 Å². The summed E-state index contributed by atoms with van der Waals surface area (Å²) < 4.78 is 0. The summed E-state index contributed by atoms with van der Waals surface area (Å²) in [5.74, 6) is 2.59. The van der Waals surface area contributed by atoms with Crippen molar-refractivity contribution in [1.29, 1.82) is 0 Å². The molecule has 1 aromatic rings. The Bertz CT molecular complexity index is 261. The molecular formula is C10H9Y-. The predicted molar refractivity (Wildman–Crippen MR) is 42.7 cm³/mol. The van der Waals surface area contributed by atoms with Crippen LogP contribution in [-0.4, -0.2) is 0 Å². The van der Waals surface area contributed by atoms with Crippen molar-refractivity contribution in [2.75, 3.05) is 0 Å². The van der Waals surface area contributed by atoms with Crippen LogP contribution in [0.1, 0.15) is 16.7 Å². The van der Waals surface area contributed by atoms with E-state index in [1.54, 1.807) is 0 Å². The molecule has 0 nitrogen and oxygen atoms in total. The smallest absolute Gasteiger partial charge is 0 e. The summed E-state index contributed by atoms with van der Waals surface area (Å²) in [5, 5.41) is 0. The fourth-order valence-electron chi connectivity index (χ4n) is 0.975. The van der Waals surface area contributed by atoms with Gasteiger partial charge in [0.25, 0.3) is 0 Å². The number of aryl methyl sites for hydroxylation is 2. The summed E-state index contributed by atoms with van der Waals surface area (Å²) in [4.78, 5) is 0. The third-order valence-corrected chi connectivity index (χ3v) is 1.31. The molecule has 0 saturated heterocycles. The Balaban J connectivity index is 0.000001000. The van der Waals surface area contributed by atoms with E-state index in [1.165, 1.54) is 0 Å². The number of terminal acetylenes is 1. The summed E-state index contributed by atoms with van der Waals surface area (Å²) in [7, 11) is 0. The van der Waals surface area contributed by atoms with E-state index in [1.807, 2.05) is 26.0 Å². The quantitative estimate of drug-likeness (QED) is 0.462. The fraction of sp³-hybridized carbons (Fsp3) is 0.200. The first kappa shape index (κ1) is 10.9. The SMILES string of the molecule is C#Cc1cc(C)[c-]c(C)c1.[Y]. The van der Waals surface area contributed by atoms with Crippen LogP contribution in [-0.2, 0) is 32.7 Å². The Labute approximate surface area is 93.3 Å². The summed E-state index contributed by atoms with van der Waals surface area (Å²) in [6.07, 6.45) is 5.22. The summed E-state index contributed by atoms with van der Waals surface area (Å²) in [6.45, 7) is 3.99. The molecule has 0 fully saturated rings. The number of hydrogen-bond donors (Lipinski definition) is 0. The van der Waals surface area contributed by atoms with Crippen molar-refractivity contribution in [2.45, 2.75) is 13.8 Å². The zero-order chi connectivity index (χ0) is 7.56. The zero-order valence-electron chi connectivity index (χ0n) is 6.81. The first-order valence-corrected chi connectivity index (χ1v) is 3.19. The number of rotatable bonds is 0. The molecular weight excluding hydrogens is 209 g/mol. The Morgan fingerprint density at radius 3 is 2.09 bits per heavy atom. The molecule has 0 unspecified atom stereocenters. The molecule has 1 heteroatoms. The normalized spacial score (nSPS) is 8.09. The van der Waals surface area contributed by atoms with Crippen LogP contribution in [0.3, 0.4) is 0 Å². The van der Waals surface area contributed by atoms with E-state index >= 15 is 0 Å². The maximum Gasteiger partial charge on any atom is 0 e. The van der Waals surface area contributed by atoms with Gasteiger partial charge in [-0.1, -0.05) is 25.3 Å². The second-order valence-electron chi connectivity index (χ2n) is 2.38. The maximum atomic E-state index is 5.22. The fourth-order valence-corrected chi connectivity index (χ4v) is 0.975. The molecule has 0 heterocycles. The molecule has 0 bridgehead atoms. The first-order valence-electron chi connectivity index (χ1n) is 3.19. The predicted octanol–water partition coefficient (Wildman–Crippen LogP) is 2.08. The van der Waals surface area contributed by atoms with Crippen molar-refractivity contribution in [2.24, 2.45) is 0 Å². The van der Waals surface area contributed by atoms with E-state index in [4.69, 9.17) is 6.42 Å². The molecule has 0 atom stereocenters. The van der Waals surface area contributed by atoms with Crippen LogP contribution in [0, 0.1) is 32.3 Å². The van der Waals surface area contributed by atoms with Crippen LogP contribution in [0.2, 0.25) is 0 Å². The van der Waals surface area contributed by atoms with E-state index in [-0.39, 0.29) is 32.7 Å². The number of benzene rings is 1. The average Bonchev–Trinajstić information content (AvgIpc) is 1.85. The molecule has 1 radical (unpaired) electrons. The molecule has 0 N–H and O–H groups in total. The van der Waals surface area contributed by atoms with Gasteiger partial charge < -0.3 is 0 Å². The van der Waals surface area contributed by atoms with Gasteiger partial charge in [-0.15, -0.1) is 6.42 Å². The summed E-state index contributed by atoms with van der Waals surface area (Å²) in [6, 6.07) is 7.05. The number of hydrogen-bond acceptors (Lipinski definition) is 0.